The molecule has 0 bridgehead atoms. The predicted octanol–water partition coefficient (Wildman–Crippen LogP) is 4.65. The standard InChI is InChI=1S/C15H16F2N2S/c1-4-5-11-18-14(9(3)15(20)19-11)10-7-6-8(2)12(16)13(10)17/h6-7H,4-5H2,1-3H3,(H,18,19,20). The number of nitrogens with zero attached hydrogens (tertiary/aromatic N) is 1. The summed E-state index contributed by atoms with van der Waals surface area (Å²) in [5.41, 5.74) is 1.63. The molecule has 2 aromatic rings. The minimum atomic E-state index is -0.854. The van der Waals surface area contributed by atoms with Gasteiger partial charge in [-0.25, -0.2) is 13.8 Å². The fraction of sp³-hybridized carbons (Fsp3) is 0.333. The Kier molecular flexibility index (Phi) is 4.28. The lowest BCUT2D eigenvalue weighted by Gasteiger charge is -2.11. The van der Waals surface area contributed by atoms with E-state index in [9.17, 15) is 8.78 Å². The van der Waals surface area contributed by atoms with Gasteiger partial charge in [0.15, 0.2) is 11.6 Å². The van der Waals surface area contributed by atoms with Crippen LogP contribution in [0.15, 0.2) is 12.1 Å². The van der Waals surface area contributed by atoms with Gasteiger partial charge < -0.3 is 4.98 Å². The molecule has 0 radical (unpaired) electrons. The van der Waals surface area contributed by atoms with Crippen LogP contribution in [0.1, 0.15) is 30.3 Å². The second kappa shape index (κ2) is 5.79. The summed E-state index contributed by atoms with van der Waals surface area (Å²) < 4.78 is 28.3. The van der Waals surface area contributed by atoms with Gasteiger partial charge in [-0.05, 0) is 31.9 Å². The highest BCUT2D eigenvalue weighted by atomic mass is 32.1. The van der Waals surface area contributed by atoms with Crippen LogP contribution < -0.4 is 0 Å². The van der Waals surface area contributed by atoms with E-state index in [4.69, 9.17) is 12.2 Å². The van der Waals surface area contributed by atoms with Gasteiger partial charge in [0.05, 0.1) is 5.69 Å². The Hall–Kier alpha value is -1.62. The molecule has 0 aliphatic heterocycles. The van der Waals surface area contributed by atoms with Crippen molar-refractivity contribution in [3.05, 3.63) is 45.4 Å². The molecule has 106 valence electrons. The van der Waals surface area contributed by atoms with Crippen LogP contribution in [0, 0.1) is 30.1 Å². The van der Waals surface area contributed by atoms with Crippen LogP contribution in [0.4, 0.5) is 8.78 Å². The number of rotatable bonds is 3. The number of halogens is 2. The van der Waals surface area contributed by atoms with Crippen LogP contribution in [0.3, 0.4) is 0 Å². The molecule has 1 aromatic carbocycles. The van der Waals surface area contributed by atoms with Crippen LogP contribution in [0.25, 0.3) is 11.3 Å². The summed E-state index contributed by atoms with van der Waals surface area (Å²) in [5, 5.41) is 0. The summed E-state index contributed by atoms with van der Waals surface area (Å²) in [6, 6.07) is 3.13. The first-order chi connectivity index (χ1) is 9.45. The van der Waals surface area contributed by atoms with Gasteiger partial charge in [0, 0.05) is 17.5 Å². The Morgan fingerprint density at radius 3 is 2.55 bits per heavy atom. The number of aryl methyl sites for hydroxylation is 2. The average Bonchev–Trinajstić information content (AvgIpc) is 2.41. The normalized spacial score (nSPS) is 10.8. The number of H-pyrrole nitrogens is 1. The molecule has 0 spiro atoms. The number of aromatic amines is 1. The third kappa shape index (κ3) is 2.63. The van der Waals surface area contributed by atoms with Gasteiger partial charge in [0.1, 0.15) is 10.5 Å². The Balaban J connectivity index is 2.69. The first-order valence-electron chi connectivity index (χ1n) is 6.50. The highest BCUT2D eigenvalue weighted by Gasteiger charge is 2.16. The molecule has 2 nitrogen and oxygen atoms in total. The third-order valence-electron chi connectivity index (χ3n) is 3.23. The van der Waals surface area contributed by atoms with Crippen LogP contribution >= 0.6 is 12.2 Å². The van der Waals surface area contributed by atoms with E-state index in [-0.39, 0.29) is 11.1 Å². The zero-order chi connectivity index (χ0) is 14.9. The van der Waals surface area contributed by atoms with Crippen molar-refractivity contribution in [1.29, 1.82) is 0 Å². The molecule has 1 aromatic heterocycles. The number of hydrogen-bond donors (Lipinski definition) is 1. The molecule has 1 N–H and O–H groups in total. The largest absolute Gasteiger partial charge is 0.343 e. The Bertz CT molecular complexity index is 708. The van der Waals surface area contributed by atoms with Gasteiger partial charge in [-0.2, -0.15) is 0 Å². The first kappa shape index (κ1) is 14.8. The van der Waals surface area contributed by atoms with Gasteiger partial charge >= 0.3 is 0 Å². The van der Waals surface area contributed by atoms with Crippen molar-refractivity contribution < 1.29 is 8.78 Å². The first-order valence-corrected chi connectivity index (χ1v) is 6.91. The maximum absolute atomic E-state index is 14.1. The molecule has 0 fully saturated rings. The minimum absolute atomic E-state index is 0.191. The van der Waals surface area contributed by atoms with E-state index in [1.165, 1.54) is 6.92 Å². The molecular weight excluding hydrogens is 278 g/mol. The molecule has 20 heavy (non-hydrogen) atoms. The SMILES string of the molecule is CCCc1nc(=S)c(C)c(-c2ccc(C)c(F)c2F)[nH]1. The zero-order valence-corrected chi connectivity index (χ0v) is 12.5. The molecule has 0 atom stereocenters. The lowest BCUT2D eigenvalue weighted by molar-refractivity contribution is 0.505. The Labute approximate surface area is 121 Å². The molecule has 0 aliphatic carbocycles. The summed E-state index contributed by atoms with van der Waals surface area (Å²) in [7, 11) is 0. The van der Waals surface area contributed by atoms with Crippen molar-refractivity contribution in [3.8, 4) is 11.3 Å². The van der Waals surface area contributed by atoms with Crippen molar-refractivity contribution in [1.82, 2.24) is 9.97 Å². The summed E-state index contributed by atoms with van der Waals surface area (Å²) in [6.45, 7) is 5.31. The monoisotopic (exact) mass is 294 g/mol. The summed E-state index contributed by atoms with van der Waals surface area (Å²) in [6.07, 6.45) is 1.61. The molecule has 0 unspecified atom stereocenters. The fourth-order valence-electron chi connectivity index (χ4n) is 2.04. The van der Waals surface area contributed by atoms with Gasteiger partial charge in [-0.15, -0.1) is 0 Å². The molecule has 1 heterocycles. The maximum atomic E-state index is 14.1. The Morgan fingerprint density at radius 1 is 1.20 bits per heavy atom. The molecule has 0 amide bonds. The van der Waals surface area contributed by atoms with E-state index in [0.29, 0.717) is 28.1 Å². The predicted molar refractivity (Wildman–Crippen MR) is 78.2 cm³/mol. The molecule has 5 heteroatoms. The Morgan fingerprint density at radius 2 is 1.90 bits per heavy atom. The smallest absolute Gasteiger partial charge is 0.168 e. The van der Waals surface area contributed by atoms with Crippen molar-refractivity contribution >= 4 is 12.2 Å². The van der Waals surface area contributed by atoms with E-state index >= 15 is 0 Å². The van der Waals surface area contributed by atoms with Gasteiger partial charge in [0.2, 0.25) is 0 Å². The van der Waals surface area contributed by atoms with E-state index in [0.717, 1.165) is 6.42 Å². The molecule has 0 saturated heterocycles. The summed E-state index contributed by atoms with van der Waals surface area (Å²) >= 11 is 5.20. The van der Waals surface area contributed by atoms with E-state index in [1.807, 2.05) is 6.92 Å². The van der Waals surface area contributed by atoms with E-state index in [1.54, 1.807) is 19.1 Å². The van der Waals surface area contributed by atoms with Crippen LogP contribution in [0.2, 0.25) is 0 Å². The van der Waals surface area contributed by atoms with E-state index in [2.05, 4.69) is 9.97 Å². The lowest BCUT2D eigenvalue weighted by Crippen LogP contribution is -2.03. The summed E-state index contributed by atoms with van der Waals surface area (Å²) in [5.74, 6) is -0.985. The number of aromatic nitrogens is 2. The van der Waals surface area contributed by atoms with Gasteiger partial charge in [-0.3, -0.25) is 0 Å². The van der Waals surface area contributed by atoms with Crippen molar-refractivity contribution in [2.24, 2.45) is 0 Å². The van der Waals surface area contributed by atoms with Crippen molar-refractivity contribution in [3.63, 3.8) is 0 Å². The van der Waals surface area contributed by atoms with Gasteiger partial charge in [0.25, 0.3) is 0 Å². The van der Waals surface area contributed by atoms with Crippen molar-refractivity contribution in [2.75, 3.05) is 0 Å². The minimum Gasteiger partial charge on any atom is -0.343 e. The number of nitrogens with one attached hydrogen (secondary N) is 1. The lowest BCUT2D eigenvalue weighted by atomic mass is 10.0. The second-order valence-electron chi connectivity index (χ2n) is 4.80. The molecule has 2 rings (SSSR count). The third-order valence-corrected chi connectivity index (χ3v) is 3.63. The quantitative estimate of drug-likeness (QED) is 0.834. The highest BCUT2D eigenvalue weighted by molar-refractivity contribution is 7.71. The fourth-order valence-corrected chi connectivity index (χ4v) is 2.26. The van der Waals surface area contributed by atoms with Crippen LogP contribution in [-0.4, -0.2) is 9.97 Å². The second-order valence-corrected chi connectivity index (χ2v) is 5.18. The number of hydrogen-bond acceptors (Lipinski definition) is 2. The summed E-state index contributed by atoms with van der Waals surface area (Å²) in [4.78, 5) is 7.34. The van der Waals surface area contributed by atoms with Crippen LogP contribution in [-0.2, 0) is 6.42 Å². The molecule has 0 saturated carbocycles. The van der Waals surface area contributed by atoms with Crippen LogP contribution in [0.5, 0.6) is 0 Å². The van der Waals surface area contributed by atoms with Gasteiger partial charge in [-0.1, -0.05) is 25.2 Å². The molecular formula is C15H16F2N2S. The highest BCUT2D eigenvalue weighted by Crippen LogP contribution is 2.27. The van der Waals surface area contributed by atoms with Crippen molar-refractivity contribution in [2.45, 2.75) is 33.6 Å². The zero-order valence-electron chi connectivity index (χ0n) is 11.7. The van der Waals surface area contributed by atoms with E-state index < -0.39 is 11.6 Å². The topological polar surface area (TPSA) is 28.7 Å². The maximum Gasteiger partial charge on any atom is 0.168 e. The molecule has 0 aliphatic rings. The average molecular weight is 294 g/mol. The number of benzene rings is 1.